The SMILES string of the molecule is Cc1nsc(N=Nc2cc(S)c(O)c3ccccc23)n1. The Hall–Kier alpha value is -1.99. The highest BCUT2D eigenvalue weighted by molar-refractivity contribution is 7.80. The lowest BCUT2D eigenvalue weighted by atomic mass is 10.1. The van der Waals surface area contributed by atoms with Crippen molar-refractivity contribution in [2.75, 3.05) is 0 Å². The second-order valence-corrected chi connectivity index (χ2v) is 5.35. The first-order valence-electron chi connectivity index (χ1n) is 5.81. The third kappa shape index (κ3) is 2.37. The van der Waals surface area contributed by atoms with Crippen LogP contribution in [-0.4, -0.2) is 14.5 Å². The number of hydrogen-bond donors (Lipinski definition) is 2. The monoisotopic (exact) mass is 302 g/mol. The van der Waals surface area contributed by atoms with Crippen LogP contribution in [0.1, 0.15) is 5.82 Å². The number of azo groups is 1. The lowest BCUT2D eigenvalue weighted by Gasteiger charge is -2.06. The molecular weight excluding hydrogens is 292 g/mol. The molecule has 3 rings (SSSR count). The van der Waals surface area contributed by atoms with Crippen molar-refractivity contribution in [2.45, 2.75) is 11.8 Å². The fourth-order valence-electron chi connectivity index (χ4n) is 1.83. The van der Waals surface area contributed by atoms with Gasteiger partial charge in [-0.25, -0.2) is 4.98 Å². The maximum atomic E-state index is 10.0. The van der Waals surface area contributed by atoms with Crippen molar-refractivity contribution >= 4 is 45.8 Å². The van der Waals surface area contributed by atoms with Crippen molar-refractivity contribution < 1.29 is 5.11 Å². The minimum absolute atomic E-state index is 0.148. The minimum atomic E-state index is 0.148. The fraction of sp³-hybridized carbons (Fsp3) is 0.0769. The van der Waals surface area contributed by atoms with Gasteiger partial charge >= 0.3 is 0 Å². The number of aromatic hydroxyl groups is 1. The van der Waals surface area contributed by atoms with E-state index in [9.17, 15) is 5.11 Å². The fourth-order valence-corrected chi connectivity index (χ4v) is 2.58. The maximum Gasteiger partial charge on any atom is 0.249 e. The van der Waals surface area contributed by atoms with Crippen molar-refractivity contribution in [1.29, 1.82) is 0 Å². The number of nitrogens with zero attached hydrogens (tertiary/aromatic N) is 4. The summed E-state index contributed by atoms with van der Waals surface area (Å²) in [5, 5.41) is 20.3. The molecule has 0 unspecified atom stereocenters. The molecule has 20 heavy (non-hydrogen) atoms. The zero-order valence-corrected chi connectivity index (χ0v) is 12.2. The predicted molar refractivity (Wildman–Crippen MR) is 81.7 cm³/mol. The summed E-state index contributed by atoms with van der Waals surface area (Å²) >= 11 is 5.44. The van der Waals surface area contributed by atoms with Gasteiger partial charge < -0.3 is 5.11 Å². The normalized spacial score (nSPS) is 11.5. The molecule has 0 atom stereocenters. The molecule has 0 aliphatic heterocycles. The molecule has 5 nitrogen and oxygen atoms in total. The summed E-state index contributed by atoms with van der Waals surface area (Å²) in [5.74, 6) is 0.823. The van der Waals surface area contributed by atoms with Crippen LogP contribution in [0.3, 0.4) is 0 Å². The molecule has 0 radical (unpaired) electrons. The molecule has 3 aromatic rings. The van der Waals surface area contributed by atoms with Gasteiger partial charge in [-0.1, -0.05) is 24.3 Å². The molecule has 0 fully saturated rings. The number of benzene rings is 2. The van der Waals surface area contributed by atoms with Crippen LogP contribution in [0.25, 0.3) is 10.8 Å². The molecule has 0 saturated carbocycles. The van der Waals surface area contributed by atoms with Crippen molar-refractivity contribution in [3.63, 3.8) is 0 Å². The van der Waals surface area contributed by atoms with E-state index < -0.39 is 0 Å². The molecule has 0 aliphatic rings. The molecule has 0 saturated heterocycles. The van der Waals surface area contributed by atoms with Crippen molar-refractivity contribution in [3.05, 3.63) is 36.2 Å². The molecule has 1 aromatic heterocycles. The summed E-state index contributed by atoms with van der Waals surface area (Å²) in [6.45, 7) is 1.80. The van der Waals surface area contributed by atoms with Crippen molar-refractivity contribution in [2.24, 2.45) is 10.2 Å². The molecule has 0 aliphatic carbocycles. The Morgan fingerprint density at radius 3 is 2.65 bits per heavy atom. The first-order chi connectivity index (χ1) is 9.65. The molecule has 2 aromatic carbocycles. The lowest BCUT2D eigenvalue weighted by molar-refractivity contribution is 0.469. The summed E-state index contributed by atoms with van der Waals surface area (Å²) in [7, 11) is 0. The number of phenolic OH excluding ortho intramolecular Hbond substituents is 1. The summed E-state index contributed by atoms with van der Waals surface area (Å²) in [5.41, 5.74) is 0.635. The van der Waals surface area contributed by atoms with Gasteiger partial charge in [0.25, 0.3) is 0 Å². The molecule has 100 valence electrons. The van der Waals surface area contributed by atoms with Crippen LogP contribution >= 0.6 is 24.2 Å². The van der Waals surface area contributed by atoms with Gasteiger partial charge in [0.05, 0.1) is 5.69 Å². The second-order valence-electron chi connectivity index (χ2n) is 4.13. The zero-order chi connectivity index (χ0) is 14.1. The maximum absolute atomic E-state index is 10.0. The Balaban J connectivity index is 2.12. The van der Waals surface area contributed by atoms with E-state index in [4.69, 9.17) is 0 Å². The molecule has 1 N–H and O–H groups in total. The highest BCUT2D eigenvalue weighted by Crippen LogP contribution is 2.38. The van der Waals surface area contributed by atoms with Gasteiger partial charge in [0.1, 0.15) is 11.6 Å². The molecular formula is C13H10N4OS2. The van der Waals surface area contributed by atoms with E-state index in [0.717, 1.165) is 5.39 Å². The number of aryl methyl sites for hydroxylation is 1. The van der Waals surface area contributed by atoms with E-state index in [0.29, 0.717) is 26.9 Å². The highest BCUT2D eigenvalue weighted by Gasteiger charge is 2.09. The van der Waals surface area contributed by atoms with Gasteiger partial charge in [-0.2, -0.15) is 4.37 Å². The zero-order valence-electron chi connectivity index (χ0n) is 10.5. The quantitative estimate of drug-likeness (QED) is 0.544. The van der Waals surface area contributed by atoms with Crippen LogP contribution in [0.5, 0.6) is 5.75 Å². The van der Waals surface area contributed by atoms with Gasteiger partial charge in [0, 0.05) is 27.2 Å². The number of hydrogen-bond acceptors (Lipinski definition) is 7. The van der Waals surface area contributed by atoms with Crippen LogP contribution in [0.15, 0.2) is 45.5 Å². The Morgan fingerprint density at radius 1 is 1.20 bits per heavy atom. The van der Waals surface area contributed by atoms with E-state index in [1.165, 1.54) is 11.5 Å². The first kappa shape index (κ1) is 13.0. The van der Waals surface area contributed by atoms with Crippen LogP contribution < -0.4 is 0 Å². The molecule has 0 bridgehead atoms. The molecule has 1 heterocycles. The summed E-state index contributed by atoms with van der Waals surface area (Å²) < 4.78 is 4.04. The summed E-state index contributed by atoms with van der Waals surface area (Å²) in [6.07, 6.45) is 0. The van der Waals surface area contributed by atoms with Gasteiger partial charge in [-0.3, -0.25) is 0 Å². The highest BCUT2D eigenvalue weighted by atomic mass is 32.1. The molecule has 0 spiro atoms. The van der Waals surface area contributed by atoms with Crippen molar-refractivity contribution in [1.82, 2.24) is 9.36 Å². The van der Waals surface area contributed by atoms with Gasteiger partial charge in [-0.05, 0) is 13.0 Å². The Labute approximate surface area is 124 Å². The first-order valence-corrected chi connectivity index (χ1v) is 7.03. The standard InChI is InChI=1S/C13H10N4OS2/c1-7-14-13(20-17-7)16-15-10-6-11(19)12(18)9-5-3-2-4-8(9)10/h2-6,18-19H,1H3. The van der Waals surface area contributed by atoms with Crippen LogP contribution in [0.4, 0.5) is 10.8 Å². The Bertz CT molecular complexity index is 813. The number of fused-ring (bicyclic) bond motifs is 1. The van der Waals surface area contributed by atoms with E-state index in [-0.39, 0.29) is 5.75 Å². The van der Waals surface area contributed by atoms with E-state index in [2.05, 4.69) is 32.2 Å². The minimum Gasteiger partial charge on any atom is -0.506 e. The van der Waals surface area contributed by atoms with E-state index in [1.54, 1.807) is 13.0 Å². The number of rotatable bonds is 2. The topological polar surface area (TPSA) is 70.7 Å². The number of phenols is 1. The third-order valence-electron chi connectivity index (χ3n) is 2.73. The average molecular weight is 302 g/mol. The lowest BCUT2D eigenvalue weighted by Crippen LogP contribution is -1.77. The smallest absolute Gasteiger partial charge is 0.249 e. The second kappa shape index (κ2) is 5.18. The Kier molecular flexibility index (Phi) is 3.37. The van der Waals surface area contributed by atoms with Gasteiger partial charge in [-0.15, -0.1) is 22.9 Å². The van der Waals surface area contributed by atoms with Crippen LogP contribution in [0.2, 0.25) is 0 Å². The largest absolute Gasteiger partial charge is 0.506 e. The van der Waals surface area contributed by atoms with Gasteiger partial charge in [0.15, 0.2) is 0 Å². The number of aromatic nitrogens is 2. The van der Waals surface area contributed by atoms with Crippen molar-refractivity contribution in [3.8, 4) is 5.75 Å². The predicted octanol–water partition coefficient (Wildman–Crippen LogP) is 4.41. The number of thiol groups is 1. The van der Waals surface area contributed by atoms with Gasteiger partial charge in [0.2, 0.25) is 5.13 Å². The van der Waals surface area contributed by atoms with Crippen LogP contribution in [-0.2, 0) is 0 Å². The average Bonchev–Trinajstić information content (AvgIpc) is 2.87. The van der Waals surface area contributed by atoms with Crippen LogP contribution in [0, 0.1) is 6.92 Å². The van der Waals surface area contributed by atoms with E-state index in [1.807, 2.05) is 24.3 Å². The third-order valence-corrected chi connectivity index (χ3v) is 3.77. The summed E-state index contributed by atoms with van der Waals surface area (Å²) in [4.78, 5) is 4.59. The molecule has 0 amide bonds. The van der Waals surface area contributed by atoms with E-state index >= 15 is 0 Å². The molecule has 7 heteroatoms. The Morgan fingerprint density at radius 2 is 1.95 bits per heavy atom. The summed E-state index contributed by atoms with van der Waals surface area (Å²) in [6, 6.07) is 9.11.